The zero-order valence-corrected chi connectivity index (χ0v) is 16.9. The van der Waals surface area contributed by atoms with Gasteiger partial charge in [0.2, 0.25) is 0 Å². The van der Waals surface area contributed by atoms with E-state index in [2.05, 4.69) is 5.32 Å². The number of esters is 1. The summed E-state index contributed by atoms with van der Waals surface area (Å²) >= 11 is 0. The third-order valence-corrected chi connectivity index (χ3v) is 5.93. The molecule has 9 heteroatoms. The van der Waals surface area contributed by atoms with Gasteiger partial charge >= 0.3 is 5.97 Å². The van der Waals surface area contributed by atoms with Gasteiger partial charge in [0.1, 0.15) is 5.75 Å². The SMILES string of the molecule is CC(C)(C)C(=O)Oc1ccc(S(=O)(=O)N2C(=O)CNC(=O)c3ccccc32)cc1. The molecule has 29 heavy (non-hydrogen) atoms. The Morgan fingerprint density at radius 1 is 1.03 bits per heavy atom. The summed E-state index contributed by atoms with van der Waals surface area (Å²) in [5.41, 5.74) is -0.652. The number of nitrogens with zero attached hydrogens (tertiary/aromatic N) is 1. The fraction of sp³-hybridized carbons (Fsp3) is 0.250. The third-order valence-electron chi connectivity index (χ3n) is 4.18. The monoisotopic (exact) mass is 416 g/mol. The molecular formula is C20H20N2O6S. The van der Waals surface area contributed by atoms with Crippen LogP contribution in [0.1, 0.15) is 31.1 Å². The summed E-state index contributed by atoms with van der Waals surface area (Å²) < 4.78 is 32.2. The second-order valence-electron chi connectivity index (χ2n) is 7.47. The van der Waals surface area contributed by atoms with Gasteiger partial charge in [-0.05, 0) is 57.2 Å². The highest BCUT2D eigenvalue weighted by Gasteiger charge is 2.36. The molecule has 1 N–H and O–H groups in total. The number of sulfonamides is 1. The van der Waals surface area contributed by atoms with E-state index in [4.69, 9.17) is 4.74 Å². The van der Waals surface area contributed by atoms with Crippen LogP contribution in [0.5, 0.6) is 5.75 Å². The van der Waals surface area contributed by atoms with Gasteiger partial charge in [0.15, 0.2) is 0 Å². The highest BCUT2D eigenvalue weighted by atomic mass is 32.2. The lowest BCUT2D eigenvalue weighted by Crippen LogP contribution is -2.40. The molecule has 2 aromatic rings. The van der Waals surface area contributed by atoms with Gasteiger partial charge in [0.25, 0.3) is 21.8 Å². The van der Waals surface area contributed by atoms with E-state index in [0.29, 0.717) is 4.31 Å². The van der Waals surface area contributed by atoms with Gasteiger partial charge in [-0.1, -0.05) is 12.1 Å². The molecule has 0 fully saturated rings. The molecule has 152 valence electrons. The van der Waals surface area contributed by atoms with Crippen molar-refractivity contribution in [2.45, 2.75) is 25.7 Å². The first kappa shape index (κ1) is 20.5. The van der Waals surface area contributed by atoms with Crippen molar-refractivity contribution in [1.82, 2.24) is 5.32 Å². The Kier molecular flexibility index (Phi) is 5.18. The number of nitrogens with one attached hydrogen (secondary N) is 1. The van der Waals surface area contributed by atoms with Gasteiger partial charge in [-0.15, -0.1) is 0 Å². The Hall–Kier alpha value is -3.20. The van der Waals surface area contributed by atoms with E-state index in [1.165, 1.54) is 36.4 Å². The summed E-state index contributed by atoms with van der Waals surface area (Å²) in [4.78, 5) is 36.5. The maximum Gasteiger partial charge on any atom is 0.316 e. The zero-order chi connectivity index (χ0) is 21.4. The van der Waals surface area contributed by atoms with E-state index in [0.717, 1.165) is 0 Å². The molecular weight excluding hydrogens is 396 g/mol. The first-order valence-electron chi connectivity index (χ1n) is 8.79. The Labute approximate surface area is 168 Å². The van der Waals surface area contributed by atoms with Crippen LogP contribution in [-0.4, -0.2) is 32.7 Å². The van der Waals surface area contributed by atoms with Crippen LogP contribution in [0.4, 0.5) is 5.69 Å². The second kappa shape index (κ2) is 7.32. The first-order valence-corrected chi connectivity index (χ1v) is 10.2. The average Bonchev–Trinajstić information content (AvgIpc) is 2.78. The summed E-state index contributed by atoms with van der Waals surface area (Å²) in [6, 6.07) is 11.1. The molecule has 0 saturated carbocycles. The fourth-order valence-corrected chi connectivity index (χ4v) is 4.05. The Bertz CT molecular complexity index is 1080. The van der Waals surface area contributed by atoms with Crippen molar-refractivity contribution in [3.8, 4) is 5.75 Å². The topological polar surface area (TPSA) is 110 Å². The molecule has 1 heterocycles. The van der Waals surface area contributed by atoms with E-state index < -0.39 is 39.8 Å². The van der Waals surface area contributed by atoms with Gasteiger partial charge < -0.3 is 10.1 Å². The summed E-state index contributed by atoms with van der Waals surface area (Å²) in [7, 11) is -4.29. The molecule has 3 rings (SSSR count). The number of ether oxygens (including phenoxy) is 1. The molecule has 0 atom stereocenters. The Morgan fingerprint density at radius 2 is 1.66 bits per heavy atom. The Balaban J connectivity index is 1.98. The van der Waals surface area contributed by atoms with Crippen LogP contribution in [0, 0.1) is 5.41 Å². The maximum atomic E-state index is 13.2. The molecule has 0 spiro atoms. The summed E-state index contributed by atoms with van der Waals surface area (Å²) in [5.74, 6) is -1.60. The van der Waals surface area contributed by atoms with Gasteiger partial charge in [-0.2, -0.15) is 0 Å². The zero-order valence-electron chi connectivity index (χ0n) is 16.1. The van der Waals surface area contributed by atoms with Gasteiger partial charge in [-0.25, -0.2) is 12.7 Å². The van der Waals surface area contributed by atoms with Crippen molar-refractivity contribution in [3.63, 3.8) is 0 Å². The predicted molar refractivity (Wildman–Crippen MR) is 105 cm³/mol. The lowest BCUT2D eigenvalue weighted by atomic mass is 9.97. The Morgan fingerprint density at radius 3 is 2.28 bits per heavy atom. The summed E-state index contributed by atoms with van der Waals surface area (Å²) in [6.45, 7) is 4.65. The van der Waals surface area contributed by atoms with E-state index in [1.54, 1.807) is 32.9 Å². The number of hydrogen-bond donors (Lipinski definition) is 1. The van der Waals surface area contributed by atoms with Crippen LogP contribution in [0.2, 0.25) is 0 Å². The number of anilines is 1. The predicted octanol–water partition coefficient (Wildman–Crippen LogP) is 2.10. The number of carbonyl (C=O) groups is 3. The minimum Gasteiger partial charge on any atom is -0.426 e. The van der Waals surface area contributed by atoms with Crippen molar-refractivity contribution < 1.29 is 27.5 Å². The van der Waals surface area contributed by atoms with E-state index in [-0.39, 0.29) is 21.9 Å². The standard InChI is InChI=1S/C20H20N2O6S/c1-20(2,3)19(25)28-13-8-10-14(11-9-13)29(26,27)22-16-7-5-4-6-15(16)18(24)21-12-17(22)23/h4-11H,12H2,1-3H3,(H,21,24). The van der Waals surface area contributed by atoms with E-state index in [1.807, 2.05) is 0 Å². The van der Waals surface area contributed by atoms with Crippen LogP contribution < -0.4 is 14.4 Å². The average molecular weight is 416 g/mol. The molecule has 1 aliphatic rings. The molecule has 0 aromatic heterocycles. The number of para-hydroxylation sites is 1. The number of benzene rings is 2. The van der Waals surface area contributed by atoms with Crippen molar-refractivity contribution in [3.05, 3.63) is 54.1 Å². The largest absolute Gasteiger partial charge is 0.426 e. The molecule has 2 amide bonds. The molecule has 8 nitrogen and oxygen atoms in total. The lowest BCUT2D eigenvalue weighted by molar-refractivity contribution is -0.143. The highest BCUT2D eigenvalue weighted by molar-refractivity contribution is 7.93. The van der Waals surface area contributed by atoms with E-state index in [9.17, 15) is 22.8 Å². The number of amides is 2. The first-order chi connectivity index (χ1) is 13.5. The number of hydrogen-bond acceptors (Lipinski definition) is 6. The molecule has 2 aromatic carbocycles. The lowest BCUT2D eigenvalue weighted by Gasteiger charge is -2.22. The minimum atomic E-state index is -4.29. The van der Waals surface area contributed by atoms with Crippen molar-refractivity contribution in [2.24, 2.45) is 5.41 Å². The maximum absolute atomic E-state index is 13.2. The molecule has 0 bridgehead atoms. The van der Waals surface area contributed by atoms with Crippen LogP contribution in [0.3, 0.4) is 0 Å². The molecule has 1 aliphatic heterocycles. The van der Waals surface area contributed by atoms with Crippen molar-refractivity contribution >= 4 is 33.5 Å². The number of rotatable bonds is 3. The third kappa shape index (κ3) is 4.00. The highest BCUT2D eigenvalue weighted by Crippen LogP contribution is 2.30. The number of carbonyl (C=O) groups excluding carboxylic acids is 3. The molecule has 0 radical (unpaired) electrons. The summed E-state index contributed by atoms with van der Waals surface area (Å²) in [5, 5.41) is 2.40. The summed E-state index contributed by atoms with van der Waals surface area (Å²) in [6.07, 6.45) is 0. The quantitative estimate of drug-likeness (QED) is 0.606. The van der Waals surface area contributed by atoms with E-state index >= 15 is 0 Å². The number of fused-ring (bicyclic) bond motifs is 1. The van der Waals surface area contributed by atoms with Gasteiger partial charge in [0, 0.05) is 0 Å². The van der Waals surface area contributed by atoms with Crippen molar-refractivity contribution in [1.29, 1.82) is 0 Å². The second-order valence-corrected chi connectivity index (χ2v) is 9.26. The fourth-order valence-electron chi connectivity index (χ4n) is 2.61. The van der Waals surface area contributed by atoms with Crippen LogP contribution >= 0.6 is 0 Å². The van der Waals surface area contributed by atoms with Crippen LogP contribution in [-0.2, 0) is 19.6 Å². The minimum absolute atomic E-state index is 0.0178. The normalized spacial score (nSPS) is 14.7. The van der Waals surface area contributed by atoms with Gasteiger partial charge in [-0.3, -0.25) is 14.4 Å². The van der Waals surface area contributed by atoms with Gasteiger partial charge in [0.05, 0.1) is 28.1 Å². The smallest absolute Gasteiger partial charge is 0.316 e. The molecule has 0 saturated heterocycles. The van der Waals surface area contributed by atoms with Crippen LogP contribution in [0.15, 0.2) is 53.4 Å². The molecule has 0 unspecified atom stereocenters. The van der Waals surface area contributed by atoms with Crippen molar-refractivity contribution in [2.75, 3.05) is 10.8 Å². The van der Waals surface area contributed by atoms with Crippen LogP contribution in [0.25, 0.3) is 0 Å². The molecule has 0 aliphatic carbocycles.